The molecule has 29 heavy (non-hydrogen) atoms. The highest BCUT2D eigenvalue weighted by Crippen LogP contribution is 2.33. The van der Waals surface area contributed by atoms with Gasteiger partial charge in [-0.05, 0) is 42.8 Å². The summed E-state index contributed by atoms with van der Waals surface area (Å²) in [5, 5.41) is 1.15. The lowest BCUT2D eigenvalue weighted by atomic mass is 9.92. The number of aromatic nitrogens is 1. The van der Waals surface area contributed by atoms with Gasteiger partial charge in [0.2, 0.25) is 0 Å². The zero-order valence-electron chi connectivity index (χ0n) is 15.7. The van der Waals surface area contributed by atoms with E-state index < -0.39 is 5.82 Å². The normalized spacial score (nSPS) is 11.3. The van der Waals surface area contributed by atoms with Crippen molar-refractivity contribution in [3.8, 4) is 11.1 Å². The van der Waals surface area contributed by atoms with Crippen molar-refractivity contribution >= 4 is 34.4 Å². The maximum Gasteiger partial charge on any atom is 0.188 e. The largest absolute Gasteiger partial charge is 0.289 e. The molecule has 4 aromatic rings. The highest BCUT2D eigenvalue weighted by atomic mass is 35.5. The maximum atomic E-state index is 14.1. The van der Waals surface area contributed by atoms with E-state index in [1.807, 2.05) is 61.5 Å². The summed E-state index contributed by atoms with van der Waals surface area (Å²) in [7, 11) is 0. The number of rotatable bonds is 4. The molecule has 0 saturated heterocycles. The van der Waals surface area contributed by atoms with Crippen molar-refractivity contribution in [2.24, 2.45) is 0 Å². The van der Waals surface area contributed by atoms with Crippen LogP contribution in [0.2, 0.25) is 5.02 Å². The highest BCUT2D eigenvalue weighted by molar-refractivity contribution is 6.32. The van der Waals surface area contributed by atoms with E-state index in [-0.39, 0.29) is 16.4 Å². The summed E-state index contributed by atoms with van der Waals surface area (Å²) in [6.07, 6.45) is 2.78. The molecule has 4 heteroatoms. The summed E-state index contributed by atoms with van der Waals surface area (Å²) in [6, 6.07) is 21.9. The average molecular weight is 402 g/mol. The summed E-state index contributed by atoms with van der Waals surface area (Å²) in [5.74, 6) is -0.725. The van der Waals surface area contributed by atoms with Crippen molar-refractivity contribution in [3.05, 3.63) is 107 Å². The summed E-state index contributed by atoms with van der Waals surface area (Å²) in [4.78, 5) is 17.8. The molecule has 0 spiro atoms. The number of hydrogen-bond donors (Lipinski definition) is 0. The fraction of sp³-hybridized carbons (Fsp3) is 0.0400. The van der Waals surface area contributed by atoms with Gasteiger partial charge < -0.3 is 0 Å². The van der Waals surface area contributed by atoms with Crippen LogP contribution < -0.4 is 0 Å². The maximum absolute atomic E-state index is 14.1. The predicted octanol–water partition coefficient (Wildman–Crippen LogP) is 6.90. The van der Waals surface area contributed by atoms with Gasteiger partial charge in [0, 0.05) is 22.2 Å². The van der Waals surface area contributed by atoms with Gasteiger partial charge in [-0.1, -0.05) is 66.2 Å². The number of fused-ring (bicyclic) bond motifs is 1. The van der Waals surface area contributed by atoms with Gasteiger partial charge in [-0.2, -0.15) is 0 Å². The lowest BCUT2D eigenvalue weighted by molar-refractivity contribution is 0.104. The van der Waals surface area contributed by atoms with Crippen LogP contribution in [-0.4, -0.2) is 10.8 Å². The van der Waals surface area contributed by atoms with Crippen molar-refractivity contribution in [1.29, 1.82) is 0 Å². The van der Waals surface area contributed by atoms with Gasteiger partial charge in [0.15, 0.2) is 5.78 Å². The van der Waals surface area contributed by atoms with Crippen LogP contribution in [0.15, 0.2) is 78.9 Å². The Morgan fingerprint density at radius 1 is 0.966 bits per heavy atom. The molecular formula is C25H17ClFNO. The Hall–Kier alpha value is -3.30. The molecule has 0 N–H and O–H groups in total. The minimum atomic E-state index is -0.474. The zero-order valence-corrected chi connectivity index (χ0v) is 16.5. The molecule has 0 aliphatic rings. The molecule has 1 heterocycles. The third kappa shape index (κ3) is 3.69. The van der Waals surface area contributed by atoms with Crippen molar-refractivity contribution in [3.63, 3.8) is 0 Å². The van der Waals surface area contributed by atoms with E-state index in [0.717, 1.165) is 22.0 Å². The molecule has 0 bridgehead atoms. The first-order valence-corrected chi connectivity index (χ1v) is 9.55. The molecule has 0 unspecified atom stereocenters. The van der Waals surface area contributed by atoms with Gasteiger partial charge in [-0.3, -0.25) is 9.78 Å². The van der Waals surface area contributed by atoms with E-state index in [9.17, 15) is 9.18 Å². The number of ketones is 1. The zero-order chi connectivity index (χ0) is 20.4. The van der Waals surface area contributed by atoms with Gasteiger partial charge >= 0.3 is 0 Å². The van der Waals surface area contributed by atoms with Gasteiger partial charge in [0.05, 0.1) is 16.1 Å². The molecule has 0 atom stereocenters. The summed E-state index contributed by atoms with van der Waals surface area (Å²) in [6.45, 7) is 1.82. The minimum absolute atomic E-state index is 0.190. The Morgan fingerprint density at radius 3 is 2.45 bits per heavy atom. The molecule has 0 amide bonds. The second kappa shape index (κ2) is 7.98. The van der Waals surface area contributed by atoms with Gasteiger partial charge in [0.1, 0.15) is 5.82 Å². The molecule has 0 aliphatic carbocycles. The minimum Gasteiger partial charge on any atom is -0.289 e. The predicted molar refractivity (Wildman–Crippen MR) is 117 cm³/mol. The van der Waals surface area contributed by atoms with Crippen LogP contribution in [0, 0.1) is 12.7 Å². The lowest BCUT2D eigenvalue weighted by Gasteiger charge is -2.14. The first-order valence-electron chi connectivity index (χ1n) is 9.17. The molecule has 0 saturated carbocycles. The standard InChI is InChI=1S/C25H17ClFNO/c1-16-24(23(29)15-14-18-20(26)11-7-12-21(18)27)25(17-8-3-2-4-9-17)19-10-5-6-13-22(19)28-16/h2-15H,1H3/b15-14+. The number of nitrogens with zero attached hydrogens (tertiary/aromatic N) is 1. The fourth-order valence-corrected chi connectivity index (χ4v) is 3.68. The van der Waals surface area contributed by atoms with E-state index >= 15 is 0 Å². The summed E-state index contributed by atoms with van der Waals surface area (Å²) in [5.41, 5.74) is 3.88. The number of para-hydroxylation sites is 1. The number of pyridine rings is 1. The van der Waals surface area contributed by atoms with Crippen LogP contribution in [0.1, 0.15) is 21.6 Å². The fourth-order valence-electron chi connectivity index (χ4n) is 3.45. The van der Waals surface area contributed by atoms with Crippen molar-refractivity contribution in [2.45, 2.75) is 6.92 Å². The molecule has 3 aromatic carbocycles. The second-order valence-electron chi connectivity index (χ2n) is 6.66. The third-order valence-corrected chi connectivity index (χ3v) is 5.11. The quantitative estimate of drug-likeness (QED) is 0.275. The van der Waals surface area contributed by atoms with Gasteiger partial charge in [-0.25, -0.2) is 4.39 Å². The molecule has 0 fully saturated rings. The highest BCUT2D eigenvalue weighted by Gasteiger charge is 2.19. The monoisotopic (exact) mass is 401 g/mol. The number of aryl methyl sites for hydroxylation is 1. The van der Waals surface area contributed by atoms with E-state index in [0.29, 0.717) is 11.3 Å². The molecular weight excluding hydrogens is 385 g/mol. The molecule has 142 valence electrons. The van der Waals surface area contributed by atoms with E-state index in [1.165, 1.54) is 24.3 Å². The Labute approximate surface area is 173 Å². The first-order chi connectivity index (χ1) is 14.1. The van der Waals surface area contributed by atoms with E-state index in [2.05, 4.69) is 4.98 Å². The van der Waals surface area contributed by atoms with Gasteiger partial charge in [-0.15, -0.1) is 0 Å². The number of allylic oxidation sites excluding steroid dienone is 1. The third-order valence-electron chi connectivity index (χ3n) is 4.78. The number of hydrogen-bond acceptors (Lipinski definition) is 2. The number of halogens is 2. The van der Waals surface area contributed by atoms with Crippen LogP contribution in [-0.2, 0) is 0 Å². The van der Waals surface area contributed by atoms with Crippen LogP contribution in [0.5, 0.6) is 0 Å². The van der Waals surface area contributed by atoms with Crippen LogP contribution in [0.4, 0.5) is 4.39 Å². The number of benzene rings is 3. The van der Waals surface area contributed by atoms with Crippen LogP contribution in [0.3, 0.4) is 0 Å². The Kier molecular flexibility index (Phi) is 5.24. The summed E-state index contributed by atoms with van der Waals surface area (Å²) >= 11 is 6.08. The lowest BCUT2D eigenvalue weighted by Crippen LogP contribution is -2.05. The molecule has 1 aromatic heterocycles. The van der Waals surface area contributed by atoms with Crippen molar-refractivity contribution in [1.82, 2.24) is 4.98 Å². The second-order valence-corrected chi connectivity index (χ2v) is 7.07. The first kappa shape index (κ1) is 19.0. The van der Waals surface area contributed by atoms with Crippen LogP contribution >= 0.6 is 11.6 Å². The van der Waals surface area contributed by atoms with Crippen LogP contribution in [0.25, 0.3) is 28.1 Å². The number of carbonyl (C=O) groups excluding carboxylic acids is 1. The Morgan fingerprint density at radius 2 is 1.69 bits per heavy atom. The van der Waals surface area contributed by atoms with Crippen molar-refractivity contribution < 1.29 is 9.18 Å². The molecule has 0 radical (unpaired) electrons. The average Bonchev–Trinajstić information content (AvgIpc) is 2.73. The Bertz CT molecular complexity index is 1230. The topological polar surface area (TPSA) is 30.0 Å². The molecule has 2 nitrogen and oxygen atoms in total. The number of carbonyl (C=O) groups is 1. The van der Waals surface area contributed by atoms with Crippen molar-refractivity contribution in [2.75, 3.05) is 0 Å². The smallest absolute Gasteiger partial charge is 0.188 e. The van der Waals surface area contributed by atoms with E-state index in [4.69, 9.17) is 11.6 Å². The van der Waals surface area contributed by atoms with Gasteiger partial charge in [0.25, 0.3) is 0 Å². The Balaban J connectivity index is 1.90. The van der Waals surface area contributed by atoms with E-state index in [1.54, 1.807) is 6.07 Å². The summed E-state index contributed by atoms with van der Waals surface area (Å²) < 4.78 is 14.1. The molecule has 4 rings (SSSR count). The SMILES string of the molecule is Cc1nc2ccccc2c(-c2ccccc2)c1C(=O)/C=C/c1c(F)cccc1Cl. The molecule has 0 aliphatic heterocycles.